The van der Waals surface area contributed by atoms with E-state index in [4.69, 9.17) is 18.7 Å². The van der Waals surface area contributed by atoms with E-state index in [1.54, 1.807) is 19.1 Å². The van der Waals surface area contributed by atoms with Crippen molar-refractivity contribution in [3.05, 3.63) is 40.8 Å². The minimum atomic E-state index is -0.875. The molecular weight excluding hydrogens is 388 g/mol. The highest BCUT2D eigenvalue weighted by molar-refractivity contribution is 5.92. The molecule has 0 bridgehead atoms. The van der Waals surface area contributed by atoms with Crippen molar-refractivity contribution in [2.24, 2.45) is 0 Å². The second kappa shape index (κ2) is 9.65. The molecule has 8 heteroatoms. The summed E-state index contributed by atoms with van der Waals surface area (Å²) < 4.78 is 21.6. The maximum Gasteiger partial charge on any atom is 0.339 e. The van der Waals surface area contributed by atoms with Crippen molar-refractivity contribution in [2.45, 2.75) is 65.2 Å². The van der Waals surface area contributed by atoms with Crippen LogP contribution in [-0.4, -0.2) is 36.3 Å². The number of rotatable bonds is 8. The molecule has 1 heterocycles. The third-order valence-corrected chi connectivity index (χ3v) is 5.31. The van der Waals surface area contributed by atoms with Crippen LogP contribution < -0.4 is 14.8 Å². The molecule has 1 aliphatic rings. The van der Waals surface area contributed by atoms with Crippen LogP contribution in [0, 0.1) is 13.8 Å². The zero-order valence-corrected chi connectivity index (χ0v) is 17.8. The zero-order chi connectivity index (χ0) is 21.7. The van der Waals surface area contributed by atoms with E-state index in [1.807, 2.05) is 13.8 Å². The van der Waals surface area contributed by atoms with E-state index in [0.717, 1.165) is 36.9 Å². The molecule has 1 amide bonds. The molecule has 1 aliphatic carbocycles. The number of ether oxygens (including phenoxy) is 3. The lowest BCUT2D eigenvalue weighted by Crippen LogP contribution is -2.40. The van der Waals surface area contributed by atoms with Crippen LogP contribution in [0.25, 0.3) is 0 Å². The highest BCUT2D eigenvalue weighted by Gasteiger charge is 2.24. The molecule has 0 unspecified atom stereocenters. The van der Waals surface area contributed by atoms with Crippen molar-refractivity contribution >= 4 is 11.9 Å². The predicted octanol–water partition coefficient (Wildman–Crippen LogP) is 3.48. The van der Waals surface area contributed by atoms with Gasteiger partial charge in [-0.2, -0.15) is 0 Å². The Labute approximate surface area is 175 Å². The van der Waals surface area contributed by atoms with Crippen LogP contribution in [0.1, 0.15) is 60.0 Å². The van der Waals surface area contributed by atoms with Gasteiger partial charge in [-0.25, -0.2) is 4.79 Å². The standard InChI is InChI=1S/C22H28N2O6/c1-13-18(14(2)30-24-13)12-28-19-10-9-16(11-20(19)27-4)22(26)29-15(3)21(25)23-17-7-5-6-8-17/h9-11,15,17H,5-8,12H2,1-4H3,(H,23,25)/t15-/m0/s1. The van der Waals surface area contributed by atoms with Crippen LogP contribution in [0.3, 0.4) is 0 Å². The Hall–Kier alpha value is -3.03. The third-order valence-electron chi connectivity index (χ3n) is 5.31. The third kappa shape index (κ3) is 5.11. The molecule has 162 valence electrons. The summed E-state index contributed by atoms with van der Waals surface area (Å²) >= 11 is 0. The first-order chi connectivity index (χ1) is 14.4. The lowest BCUT2D eigenvalue weighted by atomic mass is 10.2. The topological polar surface area (TPSA) is 99.9 Å². The van der Waals surface area contributed by atoms with Gasteiger partial charge in [0.15, 0.2) is 17.6 Å². The molecule has 0 aliphatic heterocycles. The van der Waals surface area contributed by atoms with E-state index in [1.165, 1.54) is 13.2 Å². The van der Waals surface area contributed by atoms with Gasteiger partial charge in [0.1, 0.15) is 12.4 Å². The van der Waals surface area contributed by atoms with Crippen molar-refractivity contribution in [2.75, 3.05) is 7.11 Å². The summed E-state index contributed by atoms with van der Waals surface area (Å²) in [5.74, 6) is 0.679. The minimum Gasteiger partial charge on any atom is -0.493 e. The van der Waals surface area contributed by atoms with E-state index in [2.05, 4.69) is 10.5 Å². The van der Waals surface area contributed by atoms with Gasteiger partial charge in [-0.15, -0.1) is 0 Å². The highest BCUT2D eigenvalue weighted by atomic mass is 16.5. The second-order valence-corrected chi connectivity index (χ2v) is 7.49. The Balaban J connectivity index is 1.61. The van der Waals surface area contributed by atoms with E-state index >= 15 is 0 Å². The Morgan fingerprint density at radius 2 is 1.97 bits per heavy atom. The largest absolute Gasteiger partial charge is 0.493 e. The van der Waals surface area contributed by atoms with Crippen LogP contribution in [0.15, 0.2) is 22.7 Å². The van der Waals surface area contributed by atoms with Crippen LogP contribution in [0.5, 0.6) is 11.5 Å². The average Bonchev–Trinajstić information content (AvgIpc) is 3.36. The smallest absolute Gasteiger partial charge is 0.339 e. The summed E-state index contributed by atoms with van der Waals surface area (Å²) in [6.45, 7) is 5.49. The van der Waals surface area contributed by atoms with Gasteiger partial charge in [-0.05, 0) is 51.8 Å². The fourth-order valence-electron chi connectivity index (χ4n) is 3.44. The van der Waals surface area contributed by atoms with E-state index in [9.17, 15) is 9.59 Å². The van der Waals surface area contributed by atoms with Crippen molar-refractivity contribution in [3.63, 3.8) is 0 Å². The predicted molar refractivity (Wildman–Crippen MR) is 109 cm³/mol. The van der Waals surface area contributed by atoms with Crippen LogP contribution in [0.2, 0.25) is 0 Å². The quantitative estimate of drug-likeness (QED) is 0.658. The van der Waals surface area contributed by atoms with Gasteiger partial charge in [-0.3, -0.25) is 4.79 Å². The fraction of sp³-hybridized carbons (Fsp3) is 0.500. The van der Waals surface area contributed by atoms with Crippen LogP contribution in [-0.2, 0) is 16.1 Å². The Morgan fingerprint density at radius 1 is 1.23 bits per heavy atom. The number of esters is 1. The molecular formula is C22H28N2O6. The summed E-state index contributed by atoms with van der Waals surface area (Å²) in [4.78, 5) is 24.7. The number of nitrogens with zero attached hydrogens (tertiary/aromatic N) is 1. The molecule has 30 heavy (non-hydrogen) atoms. The van der Waals surface area contributed by atoms with Gasteiger partial charge < -0.3 is 24.1 Å². The van der Waals surface area contributed by atoms with Crippen LogP contribution >= 0.6 is 0 Å². The highest BCUT2D eigenvalue weighted by Crippen LogP contribution is 2.30. The Kier molecular flexibility index (Phi) is 6.97. The van der Waals surface area contributed by atoms with E-state index in [-0.39, 0.29) is 24.1 Å². The normalized spacial score (nSPS) is 14.9. The number of carbonyl (C=O) groups excluding carboxylic acids is 2. The molecule has 1 saturated carbocycles. The van der Waals surface area contributed by atoms with Gasteiger partial charge in [0.25, 0.3) is 5.91 Å². The summed E-state index contributed by atoms with van der Waals surface area (Å²) in [5.41, 5.74) is 1.90. The number of aryl methyl sites for hydroxylation is 2. The number of hydrogen-bond donors (Lipinski definition) is 1. The van der Waals surface area contributed by atoms with Gasteiger partial charge in [0.2, 0.25) is 0 Å². The number of hydrogen-bond acceptors (Lipinski definition) is 7. The molecule has 1 N–H and O–H groups in total. The Morgan fingerprint density at radius 3 is 2.60 bits per heavy atom. The monoisotopic (exact) mass is 416 g/mol. The molecule has 1 fully saturated rings. The number of amides is 1. The maximum atomic E-state index is 12.5. The minimum absolute atomic E-state index is 0.174. The molecule has 1 atom stereocenters. The SMILES string of the molecule is COc1cc(C(=O)O[C@@H](C)C(=O)NC2CCCC2)ccc1OCc1c(C)noc1C. The lowest BCUT2D eigenvalue weighted by molar-refractivity contribution is -0.129. The summed E-state index contributed by atoms with van der Waals surface area (Å²) in [7, 11) is 1.49. The number of carbonyl (C=O) groups is 2. The molecule has 3 rings (SSSR count). The van der Waals surface area contributed by atoms with Gasteiger partial charge >= 0.3 is 5.97 Å². The molecule has 1 aromatic heterocycles. The molecule has 8 nitrogen and oxygen atoms in total. The zero-order valence-electron chi connectivity index (χ0n) is 17.8. The first-order valence-corrected chi connectivity index (χ1v) is 10.1. The molecule has 1 aromatic carbocycles. The van der Waals surface area contributed by atoms with Crippen molar-refractivity contribution in [1.29, 1.82) is 0 Å². The first-order valence-electron chi connectivity index (χ1n) is 10.1. The summed E-state index contributed by atoms with van der Waals surface area (Å²) in [6.07, 6.45) is 3.30. The van der Waals surface area contributed by atoms with Crippen LogP contribution in [0.4, 0.5) is 0 Å². The molecule has 0 radical (unpaired) electrons. The number of aromatic nitrogens is 1. The Bertz CT molecular complexity index is 882. The molecule has 2 aromatic rings. The first kappa shape index (κ1) is 21.7. The molecule has 0 spiro atoms. The lowest BCUT2D eigenvalue weighted by Gasteiger charge is -2.17. The van der Waals surface area contributed by atoms with Gasteiger partial charge in [0.05, 0.1) is 23.9 Å². The van der Waals surface area contributed by atoms with E-state index in [0.29, 0.717) is 17.3 Å². The maximum absolute atomic E-state index is 12.5. The summed E-state index contributed by atoms with van der Waals surface area (Å²) in [5, 5.41) is 6.83. The summed E-state index contributed by atoms with van der Waals surface area (Å²) in [6, 6.07) is 4.92. The number of methoxy groups -OCH3 is 1. The number of nitrogens with one attached hydrogen (secondary N) is 1. The molecule has 0 saturated heterocycles. The second-order valence-electron chi connectivity index (χ2n) is 7.49. The van der Waals surface area contributed by atoms with E-state index < -0.39 is 12.1 Å². The van der Waals surface area contributed by atoms with Gasteiger partial charge in [0, 0.05) is 6.04 Å². The van der Waals surface area contributed by atoms with Crippen molar-refractivity contribution in [1.82, 2.24) is 10.5 Å². The fourth-order valence-corrected chi connectivity index (χ4v) is 3.44. The average molecular weight is 416 g/mol. The van der Waals surface area contributed by atoms with Crippen molar-refractivity contribution < 1.29 is 28.3 Å². The van der Waals surface area contributed by atoms with Crippen molar-refractivity contribution in [3.8, 4) is 11.5 Å². The van der Waals surface area contributed by atoms with Gasteiger partial charge in [-0.1, -0.05) is 18.0 Å². The number of benzene rings is 1.